The van der Waals surface area contributed by atoms with E-state index in [1.807, 2.05) is 31.2 Å². The first-order valence-electron chi connectivity index (χ1n) is 9.16. The molecule has 3 N–H and O–H groups in total. The average Bonchev–Trinajstić information content (AvgIpc) is 2.75. The first-order valence-corrected chi connectivity index (χ1v) is 10.1. The number of nitrogens with one attached hydrogen (secondary N) is 2. The molecule has 6 nitrogen and oxygen atoms in total. The number of thioether (sulfide) groups is 1. The fourth-order valence-corrected chi connectivity index (χ4v) is 3.45. The standard InChI is InChI=1S/C23H20N2O4S/c1-15-6-2-5-9-20(15)25-21(26)14-30-17-12-10-16(11-13-17)24-22(27)18-7-3-4-8-19(18)23(28)29/h2-13H,14H2,1H3,(H,24,27)(H,25,26)(H,28,29). The zero-order valence-electron chi connectivity index (χ0n) is 16.2. The van der Waals surface area contributed by atoms with Crippen molar-refractivity contribution in [1.29, 1.82) is 0 Å². The second-order valence-corrected chi connectivity index (χ2v) is 7.53. The first-order chi connectivity index (χ1) is 14.4. The lowest BCUT2D eigenvalue weighted by atomic mass is 10.1. The first kappa shape index (κ1) is 21.1. The number of aromatic carboxylic acids is 1. The fourth-order valence-electron chi connectivity index (χ4n) is 2.75. The van der Waals surface area contributed by atoms with Crippen LogP contribution in [-0.4, -0.2) is 28.6 Å². The summed E-state index contributed by atoms with van der Waals surface area (Å²) in [5, 5.41) is 14.8. The lowest BCUT2D eigenvalue weighted by Gasteiger charge is -2.09. The Hall–Kier alpha value is -3.58. The zero-order chi connectivity index (χ0) is 21.5. The Balaban J connectivity index is 1.56. The van der Waals surface area contributed by atoms with Crippen molar-refractivity contribution in [3.8, 4) is 0 Å². The molecule has 2 amide bonds. The number of carboxylic acids is 1. The minimum atomic E-state index is -1.16. The molecule has 0 heterocycles. The van der Waals surface area contributed by atoms with Gasteiger partial charge < -0.3 is 15.7 Å². The molecule has 0 atom stereocenters. The predicted octanol–water partition coefficient (Wildman–Crippen LogP) is 4.68. The van der Waals surface area contributed by atoms with E-state index in [0.29, 0.717) is 5.69 Å². The molecule has 152 valence electrons. The van der Waals surface area contributed by atoms with Gasteiger partial charge in [-0.3, -0.25) is 9.59 Å². The normalized spacial score (nSPS) is 10.3. The molecule has 0 saturated carbocycles. The van der Waals surface area contributed by atoms with Gasteiger partial charge in [0.15, 0.2) is 0 Å². The van der Waals surface area contributed by atoms with E-state index < -0.39 is 11.9 Å². The number of hydrogen-bond acceptors (Lipinski definition) is 4. The SMILES string of the molecule is Cc1ccccc1NC(=O)CSc1ccc(NC(=O)c2ccccc2C(=O)O)cc1. The third-order valence-electron chi connectivity index (χ3n) is 4.30. The Bertz CT molecular complexity index is 1080. The Kier molecular flexibility index (Phi) is 6.87. The monoisotopic (exact) mass is 420 g/mol. The lowest BCUT2D eigenvalue weighted by molar-refractivity contribution is -0.113. The van der Waals surface area contributed by atoms with Crippen LogP contribution in [0.1, 0.15) is 26.3 Å². The largest absolute Gasteiger partial charge is 0.478 e. The molecule has 0 aromatic heterocycles. The Morgan fingerprint density at radius 1 is 0.833 bits per heavy atom. The molecule has 0 unspecified atom stereocenters. The molecule has 3 aromatic rings. The van der Waals surface area contributed by atoms with Crippen molar-refractivity contribution in [3.63, 3.8) is 0 Å². The summed E-state index contributed by atoms with van der Waals surface area (Å²) >= 11 is 1.38. The van der Waals surface area contributed by atoms with Crippen molar-refractivity contribution in [2.75, 3.05) is 16.4 Å². The molecule has 7 heteroatoms. The van der Waals surface area contributed by atoms with Gasteiger partial charge in [-0.15, -0.1) is 11.8 Å². The van der Waals surface area contributed by atoms with E-state index in [4.69, 9.17) is 0 Å². The van der Waals surface area contributed by atoms with E-state index >= 15 is 0 Å². The van der Waals surface area contributed by atoms with Crippen LogP contribution in [0.15, 0.2) is 77.7 Å². The number of anilines is 2. The summed E-state index contributed by atoms with van der Waals surface area (Å²) in [6.07, 6.45) is 0. The van der Waals surface area contributed by atoms with Crippen molar-refractivity contribution in [2.45, 2.75) is 11.8 Å². The summed E-state index contributed by atoms with van der Waals surface area (Å²) in [6.45, 7) is 1.94. The number of carbonyl (C=O) groups excluding carboxylic acids is 2. The van der Waals surface area contributed by atoms with Gasteiger partial charge in [-0.1, -0.05) is 30.3 Å². The van der Waals surface area contributed by atoms with E-state index in [9.17, 15) is 19.5 Å². The van der Waals surface area contributed by atoms with Crippen LogP contribution >= 0.6 is 11.8 Å². The van der Waals surface area contributed by atoms with E-state index in [-0.39, 0.29) is 22.8 Å². The lowest BCUT2D eigenvalue weighted by Crippen LogP contribution is -2.16. The van der Waals surface area contributed by atoms with Crippen molar-refractivity contribution in [1.82, 2.24) is 0 Å². The van der Waals surface area contributed by atoms with Gasteiger partial charge in [0.05, 0.1) is 16.9 Å². The van der Waals surface area contributed by atoms with E-state index in [0.717, 1.165) is 16.1 Å². The van der Waals surface area contributed by atoms with Crippen molar-refractivity contribution >= 4 is 40.9 Å². The van der Waals surface area contributed by atoms with Gasteiger partial charge in [-0.05, 0) is 55.0 Å². The van der Waals surface area contributed by atoms with Crippen LogP contribution in [0.5, 0.6) is 0 Å². The van der Waals surface area contributed by atoms with E-state index in [2.05, 4.69) is 10.6 Å². The maximum atomic E-state index is 12.4. The number of rotatable bonds is 7. The second kappa shape index (κ2) is 9.76. The highest BCUT2D eigenvalue weighted by Crippen LogP contribution is 2.22. The summed E-state index contributed by atoms with van der Waals surface area (Å²) in [7, 11) is 0. The van der Waals surface area contributed by atoms with E-state index in [1.54, 1.807) is 36.4 Å². The topological polar surface area (TPSA) is 95.5 Å². The molecule has 3 aromatic carbocycles. The fraction of sp³-hybridized carbons (Fsp3) is 0.0870. The summed E-state index contributed by atoms with van der Waals surface area (Å²) in [5.74, 6) is -1.49. The highest BCUT2D eigenvalue weighted by Gasteiger charge is 2.15. The maximum Gasteiger partial charge on any atom is 0.336 e. The molecule has 0 bridgehead atoms. The summed E-state index contributed by atoms with van der Waals surface area (Å²) in [4.78, 5) is 36.7. The summed E-state index contributed by atoms with van der Waals surface area (Å²) in [5.41, 5.74) is 2.37. The molecule has 0 aliphatic rings. The van der Waals surface area contributed by atoms with Gasteiger partial charge >= 0.3 is 5.97 Å². The van der Waals surface area contributed by atoms with Crippen LogP contribution in [0.4, 0.5) is 11.4 Å². The van der Waals surface area contributed by atoms with Crippen molar-refractivity contribution in [3.05, 3.63) is 89.5 Å². The summed E-state index contributed by atoms with van der Waals surface area (Å²) in [6, 6.07) is 20.6. The number of benzene rings is 3. The molecule has 30 heavy (non-hydrogen) atoms. The van der Waals surface area contributed by atoms with Crippen LogP contribution in [0.25, 0.3) is 0 Å². The van der Waals surface area contributed by atoms with E-state index in [1.165, 1.54) is 23.9 Å². The van der Waals surface area contributed by atoms with Crippen LogP contribution in [0, 0.1) is 6.92 Å². The van der Waals surface area contributed by atoms with Gasteiger partial charge in [-0.25, -0.2) is 4.79 Å². The van der Waals surface area contributed by atoms with Gasteiger partial charge in [0.2, 0.25) is 5.91 Å². The Morgan fingerprint density at radius 2 is 1.47 bits per heavy atom. The molecule has 0 aliphatic heterocycles. The van der Waals surface area contributed by atoms with Crippen LogP contribution in [-0.2, 0) is 4.79 Å². The number of aryl methyl sites for hydroxylation is 1. The number of hydrogen-bond donors (Lipinski definition) is 3. The number of carboxylic acid groups (broad SMARTS) is 1. The van der Waals surface area contributed by atoms with Crippen LogP contribution in [0.3, 0.4) is 0 Å². The number of amides is 2. The molecule has 0 saturated heterocycles. The smallest absolute Gasteiger partial charge is 0.336 e. The Morgan fingerprint density at radius 3 is 2.13 bits per heavy atom. The quantitative estimate of drug-likeness (QED) is 0.483. The minimum absolute atomic E-state index is 0.0539. The molecular weight excluding hydrogens is 400 g/mol. The Labute approximate surface area is 178 Å². The third kappa shape index (κ3) is 5.48. The zero-order valence-corrected chi connectivity index (χ0v) is 17.0. The van der Waals surface area contributed by atoms with Gasteiger partial charge in [-0.2, -0.15) is 0 Å². The molecule has 0 spiro atoms. The average molecular weight is 420 g/mol. The highest BCUT2D eigenvalue weighted by atomic mass is 32.2. The van der Waals surface area contributed by atoms with Gasteiger partial charge in [0.25, 0.3) is 5.91 Å². The minimum Gasteiger partial charge on any atom is -0.478 e. The third-order valence-corrected chi connectivity index (χ3v) is 5.32. The number of para-hydroxylation sites is 1. The van der Waals surface area contributed by atoms with Crippen LogP contribution in [0.2, 0.25) is 0 Å². The molecular formula is C23H20N2O4S. The number of carbonyl (C=O) groups is 3. The maximum absolute atomic E-state index is 12.4. The molecule has 3 rings (SSSR count). The predicted molar refractivity (Wildman–Crippen MR) is 118 cm³/mol. The highest BCUT2D eigenvalue weighted by molar-refractivity contribution is 8.00. The van der Waals surface area contributed by atoms with Gasteiger partial charge in [0.1, 0.15) is 0 Å². The van der Waals surface area contributed by atoms with Crippen molar-refractivity contribution < 1.29 is 19.5 Å². The molecule has 0 aliphatic carbocycles. The van der Waals surface area contributed by atoms with Crippen molar-refractivity contribution in [2.24, 2.45) is 0 Å². The second-order valence-electron chi connectivity index (χ2n) is 6.48. The van der Waals surface area contributed by atoms with Gasteiger partial charge in [0, 0.05) is 16.3 Å². The summed E-state index contributed by atoms with van der Waals surface area (Å²) < 4.78 is 0. The molecule has 0 radical (unpaired) electrons. The molecule has 0 fully saturated rings. The van der Waals surface area contributed by atoms with Crippen LogP contribution < -0.4 is 10.6 Å².